The molecule has 34 heavy (non-hydrogen) atoms. The molecule has 0 fully saturated rings. The van der Waals surface area contributed by atoms with Gasteiger partial charge < -0.3 is 14.8 Å². The Morgan fingerprint density at radius 1 is 0.559 bits per heavy atom. The van der Waals surface area contributed by atoms with Gasteiger partial charge >= 0.3 is 29.6 Å². The number of carbonyl (C=O) groups excluding carboxylic acids is 1. The van der Waals surface area contributed by atoms with Gasteiger partial charge in [0.15, 0.2) is 0 Å². The Hall–Kier alpha value is 0.430. The SMILES string of the molecule is CCCCCCCCCCCCN(CCCCCCCCCCCC)C(CCC)CC(=O)[O-].[Na+]. The molecule has 0 aromatic rings. The van der Waals surface area contributed by atoms with Crippen LogP contribution < -0.4 is 34.7 Å². The zero-order valence-electron chi connectivity index (χ0n) is 24.0. The van der Waals surface area contributed by atoms with Crippen molar-refractivity contribution in [3.05, 3.63) is 0 Å². The summed E-state index contributed by atoms with van der Waals surface area (Å²) in [5.74, 6) is -0.885. The van der Waals surface area contributed by atoms with Gasteiger partial charge in [0.2, 0.25) is 0 Å². The Morgan fingerprint density at radius 3 is 1.18 bits per heavy atom. The van der Waals surface area contributed by atoms with Crippen molar-refractivity contribution in [2.75, 3.05) is 13.1 Å². The fourth-order valence-corrected chi connectivity index (χ4v) is 5.02. The van der Waals surface area contributed by atoms with Crippen LogP contribution in [0.2, 0.25) is 0 Å². The molecular formula is C30H60NNaO2. The molecule has 0 aliphatic carbocycles. The maximum atomic E-state index is 11.3. The van der Waals surface area contributed by atoms with Gasteiger partial charge in [-0.15, -0.1) is 0 Å². The van der Waals surface area contributed by atoms with Crippen molar-refractivity contribution in [1.29, 1.82) is 0 Å². The first-order valence-corrected chi connectivity index (χ1v) is 15.1. The van der Waals surface area contributed by atoms with E-state index in [0.717, 1.165) is 25.9 Å². The van der Waals surface area contributed by atoms with Gasteiger partial charge in [0, 0.05) is 18.4 Å². The Bertz CT molecular complexity index is 381. The second-order valence-electron chi connectivity index (χ2n) is 10.4. The van der Waals surface area contributed by atoms with E-state index in [4.69, 9.17) is 0 Å². The minimum absolute atomic E-state index is 0. The fraction of sp³-hybridized carbons (Fsp3) is 0.967. The second-order valence-corrected chi connectivity index (χ2v) is 10.4. The van der Waals surface area contributed by atoms with Gasteiger partial charge in [-0.05, 0) is 32.4 Å². The molecule has 0 N–H and O–H groups in total. The van der Waals surface area contributed by atoms with Gasteiger partial charge in [0.05, 0.1) is 0 Å². The molecule has 0 amide bonds. The first-order chi connectivity index (χ1) is 16.2. The zero-order chi connectivity index (χ0) is 24.4. The number of unbranched alkanes of at least 4 members (excludes halogenated alkanes) is 18. The topological polar surface area (TPSA) is 43.4 Å². The first kappa shape index (κ1) is 36.6. The van der Waals surface area contributed by atoms with E-state index in [0.29, 0.717) is 0 Å². The van der Waals surface area contributed by atoms with Crippen molar-refractivity contribution in [2.45, 2.75) is 174 Å². The zero-order valence-corrected chi connectivity index (χ0v) is 26.0. The summed E-state index contributed by atoms with van der Waals surface area (Å²) >= 11 is 0. The first-order valence-electron chi connectivity index (χ1n) is 15.1. The normalized spacial score (nSPS) is 12.1. The van der Waals surface area contributed by atoms with Crippen LogP contribution in [0.3, 0.4) is 0 Å². The van der Waals surface area contributed by atoms with Crippen LogP contribution in [0.1, 0.15) is 168 Å². The molecule has 1 unspecified atom stereocenters. The molecule has 0 radical (unpaired) electrons. The molecule has 0 saturated heterocycles. The summed E-state index contributed by atoms with van der Waals surface area (Å²) in [4.78, 5) is 13.8. The smallest absolute Gasteiger partial charge is 0.550 e. The molecule has 0 aliphatic rings. The van der Waals surface area contributed by atoms with Crippen molar-refractivity contribution in [2.24, 2.45) is 0 Å². The van der Waals surface area contributed by atoms with E-state index in [-0.39, 0.29) is 42.0 Å². The van der Waals surface area contributed by atoms with Crippen molar-refractivity contribution in [3.8, 4) is 0 Å². The van der Waals surface area contributed by atoms with Crippen LogP contribution in [-0.4, -0.2) is 30.0 Å². The van der Waals surface area contributed by atoms with Gasteiger partial charge in [0.25, 0.3) is 0 Å². The van der Waals surface area contributed by atoms with Gasteiger partial charge in [-0.2, -0.15) is 0 Å². The van der Waals surface area contributed by atoms with Crippen LogP contribution in [-0.2, 0) is 4.79 Å². The quantitative estimate of drug-likeness (QED) is 0.114. The second kappa shape index (κ2) is 29.7. The van der Waals surface area contributed by atoms with Gasteiger partial charge in [-0.25, -0.2) is 0 Å². The maximum Gasteiger partial charge on any atom is 1.00 e. The molecule has 0 spiro atoms. The maximum absolute atomic E-state index is 11.3. The average molecular weight is 490 g/mol. The molecule has 3 nitrogen and oxygen atoms in total. The number of hydrogen-bond acceptors (Lipinski definition) is 3. The number of carboxylic acids is 1. The van der Waals surface area contributed by atoms with E-state index >= 15 is 0 Å². The Labute approximate surface area is 236 Å². The minimum atomic E-state index is -0.885. The molecule has 0 heterocycles. The third kappa shape index (κ3) is 25.5. The molecule has 0 bridgehead atoms. The van der Waals surface area contributed by atoms with Crippen LogP contribution >= 0.6 is 0 Å². The van der Waals surface area contributed by atoms with E-state index in [1.165, 1.54) is 128 Å². The van der Waals surface area contributed by atoms with Crippen LogP contribution in [0.15, 0.2) is 0 Å². The predicted molar refractivity (Wildman–Crippen MR) is 144 cm³/mol. The van der Waals surface area contributed by atoms with E-state index in [9.17, 15) is 9.90 Å². The van der Waals surface area contributed by atoms with Crippen LogP contribution in [0.5, 0.6) is 0 Å². The van der Waals surface area contributed by atoms with Crippen molar-refractivity contribution in [3.63, 3.8) is 0 Å². The van der Waals surface area contributed by atoms with E-state index in [1.54, 1.807) is 0 Å². The molecule has 0 saturated carbocycles. The van der Waals surface area contributed by atoms with Crippen molar-refractivity contribution >= 4 is 5.97 Å². The molecule has 0 aromatic heterocycles. The molecule has 198 valence electrons. The van der Waals surface area contributed by atoms with Crippen molar-refractivity contribution in [1.82, 2.24) is 4.90 Å². The summed E-state index contributed by atoms with van der Waals surface area (Å²) in [5.41, 5.74) is 0. The number of carbonyl (C=O) groups is 1. The standard InChI is InChI=1S/C30H61NO2.Na/c1-4-7-9-11-13-15-17-19-21-23-26-31(29(25-6-3)28-30(32)33)27-24-22-20-18-16-14-12-10-8-5-2;/h29H,4-28H2,1-3H3,(H,32,33);/q;+1/p-1. The molecule has 1 atom stereocenters. The van der Waals surface area contributed by atoms with Gasteiger partial charge in [0.1, 0.15) is 0 Å². The summed E-state index contributed by atoms with van der Waals surface area (Å²) in [6.07, 6.45) is 29.2. The predicted octanol–water partition coefficient (Wildman–Crippen LogP) is 5.44. The molecule has 0 aliphatic heterocycles. The summed E-state index contributed by atoms with van der Waals surface area (Å²) < 4.78 is 0. The van der Waals surface area contributed by atoms with Gasteiger partial charge in [-0.1, -0.05) is 143 Å². The number of carboxylic acid groups (broad SMARTS) is 1. The summed E-state index contributed by atoms with van der Waals surface area (Å²) in [7, 11) is 0. The van der Waals surface area contributed by atoms with E-state index < -0.39 is 5.97 Å². The summed E-state index contributed by atoms with van der Waals surface area (Å²) in [6.45, 7) is 8.84. The third-order valence-corrected chi connectivity index (χ3v) is 7.14. The van der Waals surface area contributed by atoms with Crippen molar-refractivity contribution < 1.29 is 39.5 Å². The van der Waals surface area contributed by atoms with E-state index in [2.05, 4.69) is 25.7 Å². The molecule has 0 rings (SSSR count). The monoisotopic (exact) mass is 489 g/mol. The number of rotatable bonds is 27. The largest absolute Gasteiger partial charge is 1.00 e. The van der Waals surface area contributed by atoms with Gasteiger partial charge in [-0.3, -0.25) is 0 Å². The minimum Gasteiger partial charge on any atom is -0.550 e. The third-order valence-electron chi connectivity index (χ3n) is 7.14. The molecular weight excluding hydrogens is 429 g/mol. The van der Waals surface area contributed by atoms with Crippen LogP contribution in [0, 0.1) is 0 Å². The number of nitrogens with zero attached hydrogens (tertiary/aromatic N) is 1. The summed E-state index contributed by atoms with van der Waals surface area (Å²) in [6, 6.07) is 0.164. The molecule has 0 aromatic carbocycles. The Balaban J connectivity index is 0. The van der Waals surface area contributed by atoms with Crippen LogP contribution in [0.25, 0.3) is 0 Å². The Morgan fingerprint density at radius 2 is 0.882 bits per heavy atom. The number of aliphatic carboxylic acids is 1. The Kier molecular flexibility index (Phi) is 31.9. The summed E-state index contributed by atoms with van der Waals surface area (Å²) in [5, 5.41) is 11.3. The molecule has 4 heteroatoms. The van der Waals surface area contributed by atoms with E-state index in [1.807, 2.05) is 0 Å². The average Bonchev–Trinajstić information content (AvgIpc) is 2.79. The van der Waals surface area contributed by atoms with Crippen LogP contribution in [0.4, 0.5) is 0 Å². The fourth-order valence-electron chi connectivity index (χ4n) is 5.02. The number of hydrogen-bond donors (Lipinski definition) is 0.